The van der Waals surface area contributed by atoms with Crippen LogP contribution < -0.4 is 15.5 Å². The Hall–Kier alpha value is -5.22. The number of thioether (sulfide) groups is 1. The summed E-state index contributed by atoms with van der Waals surface area (Å²) in [7, 11) is 0. The predicted octanol–water partition coefficient (Wildman–Crippen LogP) is 6.45. The molecule has 0 aliphatic carbocycles. The van der Waals surface area contributed by atoms with Crippen molar-refractivity contribution in [3.8, 4) is 0 Å². The molecule has 0 bridgehead atoms. The molecule has 4 aromatic carbocycles. The lowest BCUT2D eigenvalue weighted by molar-refractivity contribution is -0.384. The van der Waals surface area contributed by atoms with Gasteiger partial charge in [0.05, 0.1) is 10.6 Å². The molecule has 0 unspecified atom stereocenters. The summed E-state index contributed by atoms with van der Waals surface area (Å²) in [6.45, 7) is 3.88. The second-order valence-electron chi connectivity index (χ2n) is 9.30. The third kappa shape index (κ3) is 5.87. The maximum atomic E-state index is 13.7. The zero-order chi connectivity index (χ0) is 29.1. The summed E-state index contributed by atoms with van der Waals surface area (Å²) in [5, 5.41) is 16.8. The Balaban J connectivity index is 1.43. The first-order valence-electron chi connectivity index (χ1n) is 12.6. The van der Waals surface area contributed by atoms with Gasteiger partial charge in [0.15, 0.2) is 0 Å². The molecule has 4 aromatic rings. The molecule has 0 saturated carbocycles. The van der Waals surface area contributed by atoms with Crippen LogP contribution in [0.2, 0.25) is 0 Å². The molecule has 0 fully saturated rings. The standard InChI is InChI=1S/C31H24N4O5S/c1-19-11-14-25(17-20(19)2)34-30(37)27(32-22-7-4-3-5-8-22)28(31(34)38)41-26-10-6-9-23(18-26)33-29(36)21-12-15-24(16-13-21)35(39)40/h3-18,32H,1-2H3,(H,33,36). The summed E-state index contributed by atoms with van der Waals surface area (Å²) in [6, 6.07) is 26.7. The van der Waals surface area contributed by atoms with Gasteiger partial charge in [-0.05, 0) is 79.6 Å². The number of hydrogen-bond acceptors (Lipinski definition) is 7. The fourth-order valence-electron chi connectivity index (χ4n) is 4.17. The number of nitrogens with zero attached hydrogens (tertiary/aromatic N) is 2. The van der Waals surface area contributed by atoms with Crippen LogP contribution in [0, 0.1) is 24.0 Å². The normalized spacial score (nSPS) is 13.0. The lowest BCUT2D eigenvalue weighted by Gasteiger charge is -2.16. The molecular formula is C31H24N4O5S. The number of para-hydroxylation sites is 1. The van der Waals surface area contributed by atoms with Gasteiger partial charge in [0, 0.05) is 34.0 Å². The summed E-state index contributed by atoms with van der Waals surface area (Å²) < 4.78 is 0. The minimum atomic E-state index is -0.534. The highest BCUT2D eigenvalue weighted by Gasteiger charge is 2.40. The summed E-state index contributed by atoms with van der Waals surface area (Å²) in [6.07, 6.45) is 0. The van der Waals surface area contributed by atoms with E-state index in [1.165, 1.54) is 29.2 Å². The Morgan fingerprint density at radius 2 is 1.51 bits per heavy atom. The van der Waals surface area contributed by atoms with Gasteiger partial charge in [-0.1, -0.05) is 42.1 Å². The second-order valence-corrected chi connectivity index (χ2v) is 10.4. The second kappa shape index (κ2) is 11.5. The van der Waals surface area contributed by atoms with E-state index in [0.717, 1.165) is 22.9 Å². The topological polar surface area (TPSA) is 122 Å². The van der Waals surface area contributed by atoms with Crippen molar-refractivity contribution in [2.24, 2.45) is 0 Å². The van der Waals surface area contributed by atoms with Gasteiger partial charge in [0.25, 0.3) is 23.4 Å². The Labute approximate surface area is 240 Å². The number of carbonyl (C=O) groups is 3. The number of nitrogens with one attached hydrogen (secondary N) is 2. The number of aryl methyl sites for hydroxylation is 2. The van der Waals surface area contributed by atoms with Crippen molar-refractivity contribution in [3.05, 3.63) is 134 Å². The van der Waals surface area contributed by atoms with Crippen LogP contribution in [-0.4, -0.2) is 22.6 Å². The minimum Gasteiger partial charge on any atom is -0.350 e. The molecule has 0 radical (unpaired) electrons. The summed E-state index contributed by atoms with van der Waals surface area (Å²) in [4.78, 5) is 52.4. The molecule has 5 rings (SSSR count). The van der Waals surface area contributed by atoms with Gasteiger partial charge < -0.3 is 10.6 Å². The average Bonchev–Trinajstić information content (AvgIpc) is 3.19. The van der Waals surface area contributed by atoms with Crippen molar-refractivity contribution in [3.63, 3.8) is 0 Å². The first-order valence-corrected chi connectivity index (χ1v) is 13.4. The molecule has 41 heavy (non-hydrogen) atoms. The van der Waals surface area contributed by atoms with E-state index in [1.807, 2.05) is 44.2 Å². The van der Waals surface area contributed by atoms with Gasteiger partial charge >= 0.3 is 0 Å². The van der Waals surface area contributed by atoms with Crippen LogP contribution in [0.5, 0.6) is 0 Å². The molecule has 0 saturated heterocycles. The van der Waals surface area contributed by atoms with Gasteiger partial charge in [-0.3, -0.25) is 24.5 Å². The van der Waals surface area contributed by atoms with Crippen molar-refractivity contribution in [2.75, 3.05) is 15.5 Å². The largest absolute Gasteiger partial charge is 0.350 e. The van der Waals surface area contributed by atoms with E-state index in [-0.39, 0.29) is 21.9 Å². The molecule has 1 aliphatic rings. The number of nitro groups is 1. The SMILES string of the molecule is Cc1ccc(N2C(=O)C(Nc3ccccc3)=C(Sc3cccc(NC(=O)c4ccc([N+](=O)[O-])cc4)c3)C2=O)cc1C. The number of carbonyl (C=O) groups excluding carboxylic acids is 3. The van der Waals surface area contributed by atoms with Crippen molar-refractivity contribution in [1.29, 1.82) is 0 Å². The highest BCUT2D eigenvalue weighted by atomic mass is 32.2. The van der Waals surface area contributed by atoms with Crippen molar-refractivity contribution in [1.82, 2.24) is 0 Å². The van der Waals surface area contributed by atoms with Crippen molar-refractivity contribution in [2.45, 2.75) is 18.7 Å². The number of benzene rings is 4. The summed E-state index contributed by atoms with van der Waals surface area (Å²) in [5.74, 6) is -1.37. The van der Waals surface area contributed by atoms with E-state index in [2.05, 4.69) is 10.6 Å². The average molecular weight is 565 g/mol. The number of nitro benzene ring substituents is 1. The van der Waals surface area contributed by atoms with E-state index >= 15 is 0 Å². The van der Waals surface area contributed by atoms with Gasteiger partial charge in [-0.25, -0.2) is 4.90 Å². The lowest BCUT2D eigenvalue weighted by Crippen LogP contribution is -2.32. The highest BCUT2D eigenvalue weighted by Crippen LogP contribution is 2.39. The quantitative estimate of drug-likeness (QED) is 0.143. The number of imide groups is 1. The lowest BCUT2D eigenvalue weighted by atomic mass is 10.1. The molecule has 0 atom stereocenters. The Morgan fingerprint density at radius 1 is 0.805 bits per heavy atom. The number of anilines is 3. The Kier molecular flexibility index (Phi) is 7.66. The fourth-order valence-corrected chi connectivity index (χ4v) is 5.16. The molecular weight excluding hydrogens is 540 g/mol. The van der Waals surface area contributed by atoms with Crippen molar-refractivity contribution >= 4 is 52.2 Å². The maximum Gasteiger partial charge on any atom is 0.283 e. The van der Waals surface area contributed by atoms with E-state index in [1.54, 1.807) is 42.5 Å². The molecule has 2 N–H and O–H groups in total. The van der Waals surface area contributed by atoms with Gasteiger partial charge in [0.2, 0.25) is 0 Å². The van der Waals surface area contributed by atoms with Crippen LogP contribution in [-0.2, 0) is 9.59 Å². The van der Waals surface area contributed by atoms with Gasteiger partial charge in [-0.2, -0.15) is 0 Å². The molecule has 1 heterocycles. The van der Waals surface area contributed by atoms with E-state index < -0.39 is 22.6 Å². The van der Waals surface area contributed by atoms with Gasteiger partial charge in [0.1, 0.15) is 10.6 Å². The fraction of sp³-hybridized carbons (Fsp3) is 0.0645. The monoisotopic (exact) mass is 564 g/mol. The van der Waals surface area contributed by atoms with E-state index in [0.29, 0.717) is 22.0 Å². The molecule has 204 valence electrons. The molecule has 0 spiro atoms. The predicted molar refractivity (Wildman–Crippen MR) is 159 cm³/mol. The van der Waals surface area contributed by atoms with Crippen LogP contribution in [0.4, 0.5) is 22.7 Å². The highest BCUT2D eigenvalue weighted by molar-refractivity contribution is 8.04. The molecule has 0 aromatic heterocycles. The molecule has 10 heteroatoms. The minimum absolute atomic E-state index is 0.112. The van der Waals surface area contributed by atoms with E-state index in [9.17, 15) is 24.5 Å². The zero-order valence-electron chi connectivity index (χ0n) is 22.1. The summed E-state index contributed by atoms with van der Waals surface area (Å²) in [5.41, 5.74) is 3.90. The van der Waals surface area contributed by atoms with E-state index in [4.69, 9.17) is 0 Å². The number of amides is 3. The molecule has 9 nitrogen and oxygen atoms in total. The maximum absolute atomic E-state index is 13.7. The number of hydrogen-bond donors (Lipinski definition) is 2. The first-order chi connectivity index (χ1) is 19.7. The number of rotatable bonds is 8. The third-order valence-electron chi connectivity index (χ3n) is 6.49. The summed E-state index contributed by atoms with van der Waals surface area (Å²) >= 11 is 1.12. The zero-order valence-corrected chi connectivity index (χ0v) is 22.9. The molecule has 1 aliphatic heterocycles. The van der Waals surface area contributed by atoms with Crippen LogP contribution in [0.3, 0.4) is 0 Å². The first kappa shape index (κ1) is 27.4. The Morgan fingerprint density at radius 3 is 2.20 bits per heavy atom. The molecule has 3 amide bonds. The van der Waals surface area contributed by atoms with Crippen molar-refractivity contribution < 1.29 is 19.3 Å². The van der Waals surface area contributed by atoms with Crippen LogP contribution in [0.1, 0.15) is 21.5 Å². The number of non-ortho nitro benzene ring substituents is 1. The smallest absolute Gasteiger partial charge is 0.283 e. The van der Waals surface area contributed by atoms with Crippen LogP contribution >= 0.6 is 11.8 Å². The van der Waals surface area contributed by atoms with Crippen LogP contribution in [0.15, 0.2) is 113 Å². The Bertz CT molecular complexity index is 1720. The third-order valence-corrected chi connectivity index (χ3v) is 7.56. The van der Waals surface area contributed by atoms with Gasteiger partial charge in [-0.15, -0.1) is 0 Å². The van der Waals surface area contributed by atoms with Crippen LogP contribution in [0.25, 0.3) is 0 Å².